The van der Waals surface area contributed by atoms with Gasteiger partial charge in [0.05, 0.1) is 7.11 Å². The average molecular weight is 308 g/mol. The number of rotatable bonds is 5. The van der Waals surface area contributed by atoms with Gasteiger partial charge < -0.3 is 21.1 Å². The molecule has 4 N–H and O–H groups in total. The van der Waals surface area contributed by atoms with Crippen LogP contribution in [0.25, 0.3) is 0 Å². The molecule has 2 aromatic carbocycles. The second kappa shape index (κ2) is 6.61. The van der Waals surface area contributed by atoms with Crippen LogP contribution in [-0.4, -0.2) is 22.1 Å². The third-order valence-corrected chi connectivity index (χ3v) is 3.03. The van der Waals surface area contributed by atoms with E-state index in [0.717, 1.165) is 17.1 Å². The Labute approximate surface area is 133 Å². The average Bonchev–Trinajstić information content (AvgIpc) is 2.56. The summed E-state index contributed by atoms with van der Waals surface area (Å²) in [6.07, 6.45) is 0. The molecule has 0 aliphatic carbocycles. The molecule has 0 fully saturated rings. The van der Waals surface area contributed by atoms with E-state index < -0.39 is 0 Å². The standard InChI is InChI=1S/C16H16N6O/c1-23-13-9-7-12(8-10-13)19-16-21-14(17)20-15(22-16)18-11-5-3-2-4-6-11/h2-10H,1H3,(H4,17,18,19,20,21,22). The molecule has 0 aliphatic rings. The molecule has 0 radical (unpaired) electrons. The van der Waals surface area contributed by atoms with Gasteiger partial charge in [0.1, 0.15) is 5.75 Å². The number of nitrogens with two attached hydrogens (primary N) is 1. The molecule has 3 rings (SSSR count). The molecular weight excluding hydrogens is 292 g/mol. The van der Waals surface area contributed by atoms with Crippen molar-refractivity contribution in [3.63, 3.8) is 0 Å². The van der Waals surface area contributed by atoms with E-state index in [9.17, 15) is 0 Å². The van der Waals surface area contributed by atoms with Crippen molar-refractivity contribution in [3.8, 4) is 5.75 Å². The molecule has 0 amide bonds. The van der Waals surface area contributed by atoms with E-state index in [0.29, 0.717) is 11.9 Å². The molecule has 0 bridgehead atoms. The highest BCUT2D eigenvalue weighted by Gasteiger charge is 2.05. The number of ether oxygens (including phenoxy) is 1. The predicted molar refractivity (Wildman–Crippen MR) is 90.2 cm³/mol. The monoisotopic (exact) mass is 308 g/mol. The largest absolute Gasteiger partial charge is 0.497 e. The van der Waals surface area contributed by atoms with Gasteiger partial charge in [-0.15, -0.1) is 0 Å². The first kappa shape index (κ1) is 14.6. The lowest BCUT2D eigenvalue weighted by Gasteiger charge is -2.09. The minimum Gasteiger partial charge on any atom is -0.497 e. The molecule has 116 valence electrons. The summed E-state index contributed by atoms with van der Waals surface area (Å²) in [5.41, 5.74) is 7.44. The molecule has 3 aromatic rings. The summed E-state index contributed by atoms with van der Waals surface area (Å²) in [6.45, 7) is 0. The smallest absolute Gasteiger partial charge is 0.233 e. The van der Waals surface area contributed by atoms with Crippen molar-refractivity contribution in [2.75, 3.05) is 23.5 Å². The van der Waals surface area contributed by atoms with E-state index in [1.807, 2.05) is 54.6 Å². The van der Waals surface area contributed by atoms with E-state index in [-0.39, 0.29) is 5.95 Å². The first-order valence-corrected chi connectivity index (χ1v) is 6.97. The van der Waals surface area contributed by atoms with Gasteiger partial charge in [0, 0.05) is 11.4 Å². The third-order valence-electron chi connectivity index (χ3n) is 3.03. The zero-order valence-corrected chi connectivity index (χ0v) is 12.5. The van der Waals surface area contributed by atoms with Gasteiger partial charge in [-0.2, -0.15) is 15.0 Å². The number of nitrogens with one attached hydrogen (secondary N) is 2. The van der Waals surface area contributed by atoms with Gasteiger partial charge in [-0.1, -0.05) is 18.2 Å². The number of anilines is 5. The van der Waals surface area contributed by atoms with Crippen LogP contribution in [0.3, 0.4) is 0 Å². The molecule has 1 heterocycles. The molecule has 1 aromatic heterocycles. The van der Waals surface area contributed by atoms with E-state index in [4.69, 9.17) is 10.5 Å². The summed E-state index contributed by atoms with van der Waals surface area (Å²) in [5, 5.41) is 6.17. The minimum atomic E-state index is 0.134. The van der Waals surface area contributed by atoms with Crippen molar-refractivity contribution < 1.29 is 4.74 Å². The number of hydrogen-bond donors (Lipinski definition) is 3. The Kier molecular flexibility index (Phi) is 4.19. The van der Waals surface area contributed by atoms with Gasteiger partial charge in [-0.05, 0) is 36.4 Å². The highest BCUT2D eigenvalue weighted by molar-refractivity contribution is 5.59. The molecule has 0 saturated carbocycles. The number of benzene rings is 2. The van der Waals surface area contributed by atoms with Crippen LogP contribution in [0.4, 0.5) is 29.2 Å². The van der Waals surface area contributed by atoms with Crippen molar-refractivity contribution >= 4 is 29.2 Å². The van der Waals surface area contributed by atoms with Gasteiger partial charge in [-0.25, -0.2) is 0 Å². The van der Waals surface area contributed by atoms with E-state index in [1.165, 1.54) is 0 Å². The predicted octanol–water partition coefficient (Wildman–Crippen LogP) is 2.95. The minimum absolute atomic E-state index is 0.134. The van der Waals surface area contributed by atoms with Gasteiger partial charge in [-0.3, -0.25) is 0 Å². The number of hydrogen-bond acceptors (Lipinski definition) is 7. The highest BCUT2D eigenvalue weighted by Crippen LogP contribution is 2.19. The summed E-state index contributed by atoms with van der Waals surface area (Å²) >= 11 is 0. The quantitative estimate of drug-likeness (QED) is 0.666. The fourth-order valence-corrected chi connectivity index (χ4v) is 1.96. The van der Waals surface area contributed by atoms with Crippen molar-refractivity contribution in [3.05, 3.63) is 54.6 Å². The maximum absolute atomic E-state index is 5.75. The first-order chi connectivity index (χ1) is 11.2. The van der Waals surface area contributed by atoms with Crippen LogP contribution in [0.5, 0.6) is 5.75 Å². The fourth-order valence-electron chi connectivity index (χ4n) is 1.96. The number of para-hydroxylation sites is 1. The van der Waals surface area contributed by atoms with Crippen molar-refractivity contribution in [2.45, 2.75) is 0 Å². The number of nitrogens with zero attached hydrogens (tertiary/aromatic N) is 3. The number of nitrogen functional groups attached to an aromatic ring is 1. The van der Waals surface area contributed by atoms with Crippen molar-refractivity contribution in [1.82, 2.24) is 15.0 Å². The molecule has 0 atom stereocenters. The van der Waals surface area contributed by atoms with Crippen LogP contribution in [0, 0.1) is 0 Å². The fraction of sp³-hybridized carbons (Fsp3) is 0.0625. The molecule has 0 saturated heterocycles. The summed E-state index contributed by atoms with van der Waals surface area (Å²) in [4.78, 5) is 12.5. The second-order valence-electron chi connectivity index (χ2n) is 4.69. The van der Waals surface area contributed by atoms with Crippen LogP contribution < -0.4 is 21.1 Å². The zero-order valence-electron chi connectivity index (χ0n) is 12.5. The Bertz CT molecular complexity index is 776. The second-order valence-corrected chi connectivity index (χ2v) is 4.69. The van der Waals surface area contributed by atoms with E-state index in [1.54, 1.807) is 7.11 Å². The van der Waals surface area contributed by atoms with Crippen LogP contribution in [0.15, 0.2) is 54.6 Å². The normalized spacial score (nSPS) is 10.1. The van der Waals surface area contributed by atoms with Crippen molar-refractivity contribution in [1.29, 1.82) is 0 Å². The Morgan fingerprint density at radius 1 is 0.783 bits per heavy atom. The zero-order chi connectivity index (χ0) is 16.1. The first-order valence-electron chi connectivity index (χ1n) is 6.97. The summed E-state index contributed by atoms with van der Waals surface area (Å²) in [7, 11) is 1.62. The highest BCUT2D eigenvalue weighted by atomic mass is 16.5. The molecule has 0 aliphatic heterocycles. The Balaban J connectivity index is 1.79. The maximum atomic E-state index is 5.75. The Morgan fingerprint density at radius 2 is 1.35 bits per heavy atom. The summed E-state index contributed by atoms with van der Waals surface area (Å²) < 4.78 is 5.12. The lowest BCUT2D eigenvalue weighted by Crippen LogP contribution is -2.06. The molecule has 0 unspecified atom stereocenters. The van der Waals surface area contributed by atoms with Gasteiger partial charge in [0.2, 0.25) is 17.8 Å². The molecular formula is C16H16N6O. The third kappa shape index (κ3) is 3.85. The molecule has 7 nitrogen and oxygen atoms in total. The maximum Gasteiger partial charge on any atom is 0.233 e. The van der Waals surface area contributed by atoms with Gasteiger partial charge in [0.15, 0.2) is 0 Å². The van der Waals surface area contributed by atoms with Gasteiger partial charge >= 0.3 is 0 Å². The van der Waals surface area contributed by atoms with E-state index in [2.05, 4.69) is 25.6 Å². The van der Waals surface area contributed by atoms with Crippen LogP contribution in [-0.2, 0) is 0 Å². The topological polar surface area (TPSA) is 98.0 Å². The van der Waals surface area contributed by atoms with Crippen LogP contribution >= 0.6 is 0 Å². The van der Waals surface area contributed by atoms with E-state index >= 15 is 0 Å². The lowest BCUT2D eigenvalue weighted by molar-refractivity contribution is 0.415. The van der Waals surface area contributed by atoms with Crippen LogP contribution in [0.2, 0.25) is 0 Å². The van der Waals surface area contributed by atoms with Crippen LogP contribution in [0.1, 0.15) is 0 Å². The summed E-state index contributed by atoms with van der Waals surface area (Å²) in [6, 6.07) is 17.0. The molecule has 7 heteroatoms. The Morgan fingerprint density at radius 3 is 1.91 bits per heavy atom. The molecule has 23 heavy (non-hydrogen) atoms. The number of aromatic nitrogens is 3. The van der Waals surface area contributed by atoms with Crippen molar-refractivity contribution in [2.24, 2.45) is 0 Å². The van der Waals surface area contributed by atoms with Gasteiger partial charge in [0.25, 0.3) is 0 Å². The Hall–Kier alpha value is -3.35. The summed E-state index contributed by atoms with van der Waals surface area (Å²) in [5.74, 6) is 1.65. The number of methoxy groups -OCH3 is 1. The SMILES string of the molecule is COc1ccc(Nc2nc(N)nc(Nc3ccccc3)n2)cc1. The lowest BCUT2D eigenvalue weighted by atomic mass is 10.3. The molecule has 0 spiro atoms.